The SMILES string of the molecule is CC(=O)N1CCc2c(c(N3CCCc4cc(-c5cnn(C)c5)c(C(F)F)cc43)nn2C2CCN(C(=O)COC3CCN(c4ccc(C(=O)NC5CCC(Oc6ccc(C#N)c(Cl)c6)CC5)nn4)CC3)CC2)C1. The highest BCUT2D eigenvalue weighted by Gasteiger charge is 2.36. The van der Waals surface area contributed by atoms with Crippen LogP contribution in [0.4, 0.5) is 26.1 Å². The van der Waals surface area contributed by atoms with E-state index in [4.69, 9.17) is 31.4 Å². The number of hydrogen-bond donors (Lipinski definition) is 1. The van der Waals surface area contributed by atoms with Crippen molar-refractivity contribution in [1.82, 2.24) is 44.9 Å². The van der Waals surface area contributed by atoms with Crippen LogP contribution in [0.1, 0.15) is 116 Å². The Hall–Kier alpha value is -6.65. The number of aryl methyl sites for hydroxylation is 2. The fourth-order valence-corrected chi connectivity index (χ4v) is 11.2. The summed E-state index contributed by atoms with van der Waals surface area (Å²) in [5, 5.41) is 30.7. The lowest BCUT2D eigenvalue weighted by Crippen LogP contribution is -2.43. The Balaban J connectivity index is 0.700. The minimum Gasteiger partial charge on any atom is -0.490 e. The first-order chi connectivity index (χ1) is 34.9. The van der Waals surface area contributed by atoms with E-state index in [0.29, 0.717) is 117 Å². The molecule has 1 N–H and O–H groups in total. The lowest BCUT2D eigenvalue weighted by atomic mass is 9.92. The number of nitrogens with zero attached hydrogens (tertiary/aromatic N) is 11. The summed E-state index contributed by atoms with van der Waals surface area (Å²) in [4.78, 5) is 47.2. The molecule has 1 aliphatic carbocycles. The number of fused-ring (bicyclic) bond motifs is 2. The van der Waals surface area contributed by atoms with Gasteiger partial charge < -0.3 is 34.4 Å². The number of nitrogens with one attached hydrogen (secondary N) is 1. The molecule has 0 atom stereocenters. The predicted octanol–water partition coefficient (Wildman–Crippen LogP) is 7.49. The molecule has 10 rings (SSSR count). The van der Waals surface area contributed by atoms with E-state index < -0.39 is 6.43 Å². The van der Waals surface area contributed by atoms with Gasteiger partial charge in [-0.15, -0.1) is 10.2 Å². The largest absolute Gasteiger partial charge is 0.490 e. The fourth-order valence-electron chi connectivity index (χ4n) is 11.0. The highest BCUT2D eigenvalue weighted by atomic mass is 35.5. The molecule has 5 aromatic rings. The third kappa shape index (κ3) is 10.5. The molecule has 3 fully saturated rings. The second kappa shape index (κ2) is 21.2. The fraction of sp³-hybridized carbons (Fsp3) is 0.500. The van der Waals surface area contributed by atoms with Crippen molar-refractivity contribution in [3.05, 3.63) is 93.5 Å². The van der Waals surface area contributed by atoms with Crippen molar-refractivity contribution in [2.45, 2.75) is 115 Å². The maximum Gasteiger partial charge on any atom is 0.272 e. The molecule has 3 amide bonds. The van der Waals surface area contributed by atoms with Crippen molar-refractivity contribution < 1.29 is 32.6 Å². The van der Waals surface area contributed by atoms with Gasteiger partial charge in [0.1, 0.15) is 18.4 Å². The molecule has 4 aliphatic heterocycles. The minimum absolute atomic E-state index is 0.000699. The number of anilines is 3. The van der Waals surface area contributed by atoms with Crippen molar-refractivity contribution in [3.8, 4) is 22.9 Å². The maximum absolute atomic E-state index is 14.7. The van der Waals surface area contributed by atoms with Gasteiger partial charge in [-0.2, -0.15) is 15.5 Å². The number of hydrogen-bond acceptors (Lipinski definition) is 12. The van der Waals surface area contributed by atoms with Crippen LogP contribution in [0.15, 0.2) is 54.9 Å². The lowest BCUT2D eigenvalue weighted by molar-refractivity contribution is -0.140. The van der Waals surface area contributed by atoms with Gasteiger partial charge in [0.05, 0.1) is 41.6 Å². The van der Waals surface area contributed by atoms with Gasteiger partial charge in [0.15, 0.2) is 17.3 Å². The number of halogens is 3. The Kier molecular flexibility index (Phi) is 14.4. The molecule has 72 heavy (non-hydrogen) atoms. The molecule has 3 aromatic heterocycles. The lowest BCUT2D eigenvalue weighted by Gasteiger charge is -2.35. The monoisotopic (exact) mass is 1000 g/mol. The molecule has 5 aliphatic rings. The first kappa shape index (κ1) is 49.0. The number of likely N-dealkylation sites (tertiary alicyclic amines) is 1. The summed E-state index contributed by atoms with van der Waals surface area (Å²) in [6, 6.07) is 14.2. The first-order valence-corrected chi connectivity index (χ1v) is 25.5. The second-order valence-corrected chi connectivity index (χ2v) is 20.0. The Morgan fingerprint density at radius 2 is 1.69 bits per heavy atom. The van der Waals surface area contributed by atoms with E-state index in [1.54, 1.807) is 61.4 Å². The van der Waals surface area contributed by atoms with Gasteiger partial charge in [-0.05, 0) is 112 Å². The Morgan fingerprint density at radius 3 is 2.38 bits per heavy atom. The van der Waals surface area contributed by atoms with E-state index in [1.807, 2.05) is 21.9 Å². The first-order valence-electron chi connectivity index (χ1n) is 25.1. The zero-order chi connectivity index (χ0) is 50.0. The summed E-state index contributed by atoms with van der Waals surface area (Å²) >= 11 is 6.16. The molecule has 17 nitrogen and oxygen atoms in total. The number of alkyl halides is 2. The molecule has 0 spiro atoms. The zero-order valence-corrected chi connectivity index (χ0v) is 41.4. The molecular formula is C52H59ClF2N12O5. The normalized spacial score (nSPS) is 19.7. The summed E-state index contributed by atoms with van der Waals surface area (Å²) in [5.74, 6) is 1.69. The van der Waals surface area contributed by atoms with Crippen LogP contribution in [0.5, 0.6) is 5.75 Å². The number of carbonyl (C=O) groups excluding carboxylic acids is 3. The van der Waals surface area contributed by atoms with Gasteiger partial charge in [-0.1, -0.05) is 11.6 Å². The number of rotatable bonds is 12. The van der Waals surface area contributed by atoms with Gasteiger partial charge in [-0.25, -0.2) is 8.78 Å². The molecule has 2 saturated heterocycles. The van der Waals surface area contributed by atoms with Crippen molar-refractivity contribution in [1.29, 1.82) is 5.26 Å². The Morgan fingerprint density at radius 1 is 0.903 bits per heavy atom. The molecule has 2 aromatic carbocycles. The van der Waals surface area contributed by atoms with Crippen LogP contribution in [0.2, 0.25) is 5.02 Å². The van der Waals surface area contributed by atoms with Crippen molar-refractivity contribution >= 4 is 46.6 Å². The number of ether oxygens (including phenoxy) is 2. The number of nitriles is 1. The van der Waals surface area contributed by atoms with Crippen molar-refractivity contribution in [3.63, 3.8) is 0 Å². The van der Waals surface area contributed by atoms with E-state index in [9.17, 15) is 23.2 Å². The maximum atomic E-state index is 14.7. The van der Waals surface area contributed by atoms with Gasteiger partial charge >= 0.3 is 0 Å². The van der Waals surface area contributed by atoms with Crippen LogP contribution in [-0.4, -0.2) is 121 Å². The number of amides is 3. The summed E-state index contributed by atoms with van der Waals surface area (Å²) in [7, 11) is 1.77. The van der Waals surface area contributed by atoms with E-state index in [0.717, 1.165) is 61.0 Å². The van der Waals surface area contributed by atoms with E-state index >= 15 is 0 Å². The van der Waals surface area contributed by atoms with E-state index in [1.165, 1.54) is 0 Å². The van der Waals surface area contributed by atoms with Crippen molar-refractivity contribution in [2.75, 3.05) is 55.7 Å². The highest BCUT2D eigenvalue weighted by Crippen LogP contribution is 2.44. The van der Waals surface area contributed by atoms with Crippen molar-refractivity contribution in [2.24, 2.45) is 7.05 Å². The van der Waals surface area contributed by atoms with E-state index in [-0.39, 0.29) is 59.9 Å². The van der Waals surface area contributed by atoms with Crippen LogP contribution < -0.4 is 19.9 Å². The minimum atomic E-state index is -2.69. The van der Waals surface area contributed by atoms with Gasteiger partial charge in [0.25, 0.3) is 12.3 Å². The van der Waals surface area contributed by atoms with Crippen LogP contribution in [0.3, 0.4) is 0 Å². The smallest absolute Gasteiger partial charge is 0.272 e. The zero-order valence-electron chi connectivity index (χ0n) is 40.6. The molecule has 1 saturated carbocycles. The summed E-state index contributed by atoms with van der Waals surface area (Å²) in [5.41, 5.74) is 5.46. The van der Waals surface area contributed by atoms with Crippen LogP contribution in [0, 0.1) is 11.3 Å². The Labute approximate surface area is 422 Å². The molecular weight excluding hydrogens is 946 g/mol. The average Bonchev–Trinajstić information content (AvgIpc) is 4.01. The molecule has 0 bridgehead atoms. The van der Waals surface area contributed by atoms with Gasteiger partial charge in [0.2, 0.25) is 11.8 Å². The standard InChI is InChI=1S/C52H59ClF2N12O5/c1-32(68)65-23-17-46-43(30-65)51(66-18-3-4-33-24-41(35-28-57-62(2)29-35)42(50(54)55)26-47(33)66)61-67(46)37-13-19-64(20-14-37)49(69)31-71-38-15-21-63(22-16-38)48-12-11-45(59-60-48)52(70)58-36-6-9-39(10-7-36)72-40-8-5-34(27-56)44(53)25-40/h5,8,11-12,24-26,28-29,36-39,50H,3-4,6-7,9-10,13-23,30-31H2,1-2H3,(H,58,70). The number of benzene rings is 2. The summed E-state index contributed by atoms with van der Waals surface area (Å²) in [6.07, 6.45) is 8.68. The molecule has 7 heterocycles. The van der Waals surface area contributed by atoms with Gasteiger partial charge in [0, 0.05) is 106 Å². The van der Waals surface area contributed by atoms with Gasteiger partial charge in [-0.3, -0.25) is 23.7 Å². The average molecular weight is 1010 g/mol. The molecule has 0 unspecified atom stereocenters. The summed E-state index contributed by atoms with van der Waals surface area (Å²) < 4.78 is 45.5. The van der Waals surface area contributed by atoms with Crippen LogP contribution >= 0.6 is 11.6 Å². The van der Waals surface area contributed by atoms with E-state index in [2.05, 4.69) is 41.2 Å². The number of carbonyl (C=O) groups is 3. The topological polar surface area (TPSA) is 180 Å². The van der Waals surface area contributed by atoms with Crippen LogP contribution in [-0.2, 0) is 40.8 Å². The molecule has 0 radical (unpaired) electrons. The third-order valence-electron chi connectivity index (χ3n) is 15.0. The predicted molar refractivity (Wildman–Crippen MR) is 264 cm³/mol. The molecule has 378 valence electrons. The quantitative estimate of drug-likeness (QED) is 0.130. The third-order valence-corrected chi connectivity index (χ3v) is 15.3. The summed E-state index contributed by atoms with van der Waals surface area (Å²) in [6.45, 7) is 5.60. The number of piperidine rings is 2. The van der Waals surface area contributed by atoms with Crippen LogP contribution in [0.25, 0.3) is 11.1 Å². The second-order valence-electron chi connectivity index (χ2n) is 19.6. The number of aromatic nitrogens is 6. The molecule has 20 heteroatoms. The Bertz CT molecular complexity index is 2840. The highest BCUT2D eigenvalue weighted by molar-refractivity contribution is 6.31.